The monoisotopic (exact) mass is 517 g/mol. The maximum atomic E-state index is 14.5. The van der Waals surface area contributed by atoms with Gasteiger partial charge in [-0.15, -0.1) is 0 Å². The quantitative estimate of drug-likeness (QED) is 0.413. The van der Waals surface area contributed by atoms with E-state index in [1.54, 1.807) is 42.4 Å². The molecule has 0 radical (unpaired) electrons. The maximum absolute atomic E-state index is 14.5. The first-order chi connectivity index (χ1) is 18.4. The first-order valence-electron chi connectivity index (χ1n) is 12.4. The first kappa shape index (κ1) is 25.1. The van der Waals surface area contributed by atoms with Crippen molar-refractivity contribution in [3.05, 3.63) is 53.7 Å². The van der Waals surface area contributed by atoms with E-state index in [4.69, 9.17) is 9.47 Å². The van der Waals surface area contributed by atoms with Gasteiger partial charge in [0.1, 0.15) is 11.9 Å². The van der Waals surface area contributed by atoms with Crippen LogP contribution < -0.4 is 20.1 Å². The normalized spacial score (nSPS) is 16.8. The fraction of sp³-hybridized carbons (Fsp3) is 0.321. The van der Waals surface area contributed by atoms with Crippen LogP contribution in [0, 0.1) is 17.7 Å². The number of aromatic nitrogens is 2. The molecule has 0 spiro atoms. The molecule has 4 heterocycles. The molecule has 2 aliphatic rings. The molecule has 2 aliphatic heterocycles. The van der Waals surface area contributed by atoms with Crippen molar-refractivity contribution in [3.63, 3.8) is 0 Å². The summed E-state index contributed by atoms with van der Waals surface area (Å²) in [5.74, 6) is 4.78. The largest absolute Gasteiger partial charge is 0.492 e. The zero-order valence-corrected chi connectivity index (χ0v) is 21.4. The number of hydrogen-bond acceptors (Lipinski definition) is 6. The number of nitrogens with zero attached hydrogens (tertiary/aromatic N) is 2. The summed E-state index contributed by atoms with van der Waals surface area (Å²) < 4.78 is 26.1. The highest BCUT2D eigenvalue weighted by molar-refractivity contribution is 6.06. The van der Waals surface area contributed by atoms with Crippen LogP contribution in [0.2, 0.25) is 0 Å². The lowest BCUT2D eigenvalue weighted by Crippen LogP contribution is -2.57. The molecule has 2 aromatic heterocycles. The summed E-state index contributed by atoms with van der Waals surface area (Å²) in [6, 6.07) is 6.22. The molecule has 3 aromatic rings. The zero-order valence-electron chi connectivity index (χ0n) is 21.4. The van der Waals surface area contributed by atoms with Crippen LogP contribution in [0.5, 0.6) is 11.5 Å². The highest BCUT2D eigenvalue weighted by Gasteiger charge is 2.37. The Morgan fingerprint density at radius 2 is 2.18 bits per heavy atom. The lowest BCUT2D eigenvalue weighted by Gasteiger charge is -2.43. The van der Waals surface area contributed by atoms with Crippen molar-refractivity contribution in [2.24, 2.45) is 0 Å². The van der Waals surface area contributed by atoms with E-state index < -0.39 is 5.82 Å². The molecule has 38 heavy (non-hydrogen) atoms. The number of carbonyl (C=O) groups excluding carboxylic acids is 2. The second kappa shape index (κ2) is 10.5. The van der Waals surface area contributed by atoms with E-state index in [1.807, 2.05) is 6.92 Å². The fourth-order valence-corrected chi connectivity index (χ4v) is 4.94. The summed E-state index contributed by atoms with van der Waals surface area (Å²) in [5.41, 5.74) is 3.32. The number of hydrogen-bond donors (Lipinski definition) is 3. The van der Waals surface area contributed by atoms with Crippen LogP contribution in [0.4, 0.5) is 15.8 Å². The van der Waals surface area contributed by atoms with Gasteiger partial charge in [0, 0.05) is 37.0 Å². The van der Waals surface area contributed by atoms with Crippen molar-refractivity contribution in [2.45, 2.75) is 38.8 Å². The number of carbonyl (C=O) groups is 2. The molecule has 9 nitrogen and oxygen atoms in total. The van der Waals surface area contributed by atoms with Gasteiger partial charge in [-0.05, 0) is 44.4 Å². The smallest absolute Gasteiger partial charge is 0.298 e. The summed E-state index contributed by atoms with van der Waals surface area (Å²) in [6.07, 6.45) is 4.31. The molecule has 0 bridgehead atoms. The number of anilines is 2. The molecule has 196 valence electrons. The Morgan fingerprint density at radius 3 is 2.92 bits per heavy atom. The summed E-state index contributed by atoms with van der Waals surface area (Å²) >= 11 is 0. The van der Waals surface area contributed by atoms with Crippen LogP contribution in [-0.4, -0.2) is 59.0 Å². The topological polar surface area (TPSA) is 109 Å². The Bertz CT molecular complexity index is 1460. The SMILES string of the molecule is CC#CC(=O)N1CC[C@@H]1C(C)Oc1cnccc1-c1[nH]c2c(c1Nc1cccc(F)c1OC)C(=O)NCC2. The van der Waals surface area contributed by atoms with E-state index in [0.29, 0.717) is 53.5 Å². The number of para-hydroxylation sites is 1. The van der Waals surface area contributed by atoms with Gasteiger partial charge in [0.05, 0.1) is 42.0 Å². The van der Waals surface area contributed by atoms with Crippen LogP contribution in [0.3, 0.4) is 0 Å². The number of nitrogens with one attached hydrogen (secondary N) is 3. The van der Waals surface area contributed by atoms with Crippen LogP contribution in [0.25, 0.3) is 11.3 Å². The zero-order chi connectivity index (χ0) is 26.8. The molecule has 10 heteroatoms. The second-order valence-corrected chi connectivity index (χ2v) is 9.10. The average molecular weight is 518 g/mol. The van der Waals surface area contributed by atoms with Crippen LogP contribution >= 0.6 is 0 Å². The number of amides is 2. The Morgan fingerprint density at radius 1 is 1.34 bits per heavy atom. The van der Waals surface area contributed by atoms with E-state index in [0.717, 1.165) is 12.1 Å². The van der Waals surface area contributed by atoms with Gasteiger partial charge < -0.3 is 30.0 Å². The summed E-state index contributed by atoms with van der Waals surface area (Å²) in [7, 11) is 1.39. The lowest BCUT2D eigenvalue weighted by molar-refractivity contribution is -0.135. The number of pyridine rings is 1. The first-order valence-corrected chi connectivity index (χ1v) is 12.4. The minimum atomic E-state index is -0.526. The van der Waals surface area contributed by atoms with Gasteiger partial charge in [-0.25, -0.2) is 4.39 Å². The molecular weight excluding hydrogens is 489 g/mol. The van der Waals surface area contributed by atoms with Crippen LogP contribution in [0.1, 0.15) is 36.3 Å². The molecule has 1 fully saturated rings. The average Bonchev–Trinajstić information content (AvgIpc) is 3.23. The van der Waals surface area contributed by atoms with Crippen molar-refractivity contribution in [2.75, 3.05) is 25.5 Å². The minimum absolute atomic E-state index is 0.0364. The Labute approximate surface area is 219 Å². The van der Waals surface area contributed by atoms with Crippen molar-refractivity contribution in [3.8, 4) is 34.6 Å². The fourth-order valence-electron chi connectivity index (χ4n) is 4.94. The molecule has 3 N–H and O–H groups in total. The highest BCUT2D eigenvalue weighted by atomic mass is 19.1. The van der Waals surface area contributed by atoms with E-state index in [9.17, 15) is 14.0 Å². The maximum Gasteiger partial charge on any atom is 0.298 e. The predicted molar refractivity (Wildman–Crippen MR) is 140 cm³/mol. The van der Waals surface area contributed by atoms with Gasteiger partial charge in [0.25, 0.3) is 11.8 Å². The van der Waals surface area contributed by atoms with Gasteiger partial charge in [-0.3, -0.25) is 14.6 Å². The van der Waals surface area contributed by atoms with E-state index in [2.05, 4.69) is 32.4 Å². The summed E-state index contributed by atoms with van der Waals surface area (Å²) in [5, 5.41) is 6.11. The van der Waals surface area contributed by atoms with Crippen LogP contribution in [-0.2, 0) is 11.2 Å². The van der Waals surface area contributed by atoms with E-state index in [1.165, 1.54) is 13.2 Å². The number of methoxy groups -OCH3 is 1. The van der Waals surface area contributed by atoms with Gasteiger partial charge in [-0.1, -0.05) is 12.0 Å². The Kier molecular flexibility index (Phi) is 6.92. The van der Waals surface area contributed by atoms with Gasteiger partial charge in [0.2, 0.25) is 0 Å². The third-order valence-corrected chi connectivity index (χ3v) is 6.86. The van der Waals surface area contributed by atoms with Crippen molar-refractivity contribution in [1.82, 2.24) is 20.2 Å². The van der Waals surface area contributed by atoms with Gasteiger partial charge >= 0.3 is 0 Å². The Balaban J connectivity index is 1.53. The number of rotatable bonds is 7. The Hall–Kier alpha value is -4.52. The molecule has 5 rings (SSSR count). The molecule has 2 amide bonds. The lowest BCUT2D eigenvalue weighted by atomic mass is 9.97. The minimum Gasteiger partial charge on any atom is -0.492 e. The molecule has 1 aromatic carbocycles. The molecular formula is C28H28FN5O4. The molecule has 1 unspecified atom stereocenters. The molecule has 0 aliphatic carbocycles. The number of halogens is 1. The van der Waals surface area contributed by atoms with Crippen molar-refractivity contribution < 1.29 is 23.5 Å². The summed E-state index contributed by atoms with van der Waals surface area (Å²) in [4.78, 5) is 34.6. The van der Waals surface area contributed by atoms with Gasteiger partial charge in [-0.2, -0.15) is 0 Å². The number of ether oxygens (including phenoxy) is 2. The van der Waals surface area contributed by atoms with E-state index in [-0.39, 0.29) is 29.7 Å². The van der Waals surface area contributed by atoms with Crippen molar-refractivity contribution >= 4 is 23.2 Å². The molecule has 0 saturated carbocycles. The third kappa shape index (κ3) is 4.52. The number of benzene rings is 1. The van der Waals surface area contributed by atoms with E-state index >= 15 is 0 Å². The number of H-pyrrole nitrogens is 1. The number of fused-ring (bicyclic) bond motifs is 1. The van der Waals surface area contributed by atoms with Crippen molar-refractivity contribution in [1.29, 1.82) is 0 Å². The van der Waals surface area contributed by atoms with Gasteiger partial charge in [0.15, 0.2) is 11.6 Å². The summed E-state index contributed by atoms with van der Waals surface area (Å²) in [6.45, 7) is 4.67. The standard InChI is InChI=1S/C28H28FN5O4/c1-4-6-23(35)34-14-11-21(34)16(2)38-22-15-30-12-9-17(22)25-26(24-19(32-25)10-13-31-28(24)36)33-20-8-5-7-18(29)27(20)37-3/h5,7-9,12,15-16,21,32-33H,10-11,13-14H2,1-3H3,(H,31,36)/t16?,21-/m1/s1. The predicted octanol–water partition coefficient (Wildman–Crippen LogP) is 3.65. The highest BCUT2D eigenvalue weighted by Crippen LogP contribution is 2.42. The van der Waals surface area contributed by atoms with Crippen LogP contribution in [0.15, 0.2) is 36.7 Å². The third-order valence-electron chi connectivity index (χ3n) is 6.86. The number of likely N-dealkylation sites (tertiary alicyclic amines) is 1. The number of aromatic amines is 1. The molecule has 2 atom stereocenters. The second-order valence-electron chi connectivity index (χ2n) is 9.10. The molecule has 1 saturated heterocycles.